The number of anilines is 1. The van der Waals surface area contributed by atoms with E-state index in [1.807, 2.05) is 0 Å². The first-order chi connectivity index (χ1) is 19.5. The van der Waals surface area contributed by atoms with E-state index in [0.717, 1.165) is 25.3 Å². The van der Waals surface area contributed by atoms with Crippen LogP contribution in [0.1, 0.15) is 46.1 Å². The number of aryl methyl sites for hydroxylation is 1. The molecular weight excluding hydrogens is 587 g/mol. The van der Waals surface area contributed by atoms with Gasteiger partial charge in [-0.15, -0.1) is 5.10 Å². The lowest BCUT2D eigenvalue weighted by molar-refractivity contribution is -0.257. The molecule has 2 aromatic rings. The molecule has 1 aliphatic heterocycles. The Morgan fingerprint density at radius 1 is 1.17 bits per heavy atom. The maximum Gasteiger partial charge on any atom is 0.427 e. The van der Waals surface area contributed by atoms with Crippen LogP contribution >= 0.6 is 0 Å². The van der Waals surface area contributed by atoms with E-state index < -0.39 is 52.9 Å². The Kier molecular flexibility index (Phi) is 9.80. The predicted octanol–water partition coefficient (Wildman–Crippen LogP) is 3.21. The number of fused-ring (bicyclic) bond motifs is 1. The van der Waals surface area contributed by atoms with E-state index in [0.29, 0.717) is 0 Å². The molecule has 0 amide bonds. The molecular formula is C26H32F3N3O9S. The molecule has 2 heterocycles. The third-order valence-corrected chi connectivity index (χ3v) is 8.08. The molecule has 3 rings (SSSR count). The summed E-state index contributed by atoms with van der Waals surface area (Å²) in [5.41, 5.74) is -2.58. The first-order valence-electron chi connectivity index (χ1n) is 12.9. The van der Waals surface area contributed by atoms with E-state index in [1.165, 1.54) is 36.0 Å². The zero-order valence-corrected chi connectivity index (χ0v) is 24.5. The fourth-order valence-electron chi connectivity index (χ4n) is 3.88. The quantitative estimate of drug-likeness (QED) is 0.325. The molecule has 1 aliphatic rings. The van der Waals surface area contributed by atoms with Crippen molar-refractivity contribution in [3.05, 3.63) is 30.0 Å². The minimum atomic E-state index is -4.80. The van der Waals surface area contributed by atoms with Gasteiger partial charge in [0.05, 0.1) is 25.8 Å². The average molecular weight is 620 g/mol. The van der Waals surface area contributed by atoms with Crippen molar-refractivity contribution in [3.8, 4) is 11.6 Å². The van der Waals surface area contributed by atoms with Crippen molar-refractivity contribution in [3.63, 3.8) is 0 Å². The number of carbonyl (C=O) groups is 3. The number of ether oxygens (including phenoxy) is 4. The molecule has 1 aromatic carbocycles. The largest absolute Gasteiger partial charge is 0.486 e. The van der Waals surface area contributed by atoms with Crippen LogP contribution < -0.4 is 13.8 Å². The first kappa shape index (κ1) is 32.7. The van der Waals surface area contributed by atoms with E-state index in [-0.39, 0.29) is 59.5 Å². The number of alkyl halides is 3. The molecule has 12 nitrogen and oxygen atoms in total. The Morgan fingerprint density at radius 3 is 2.45 bits per heavy atom. The maximum absolute atomic E-state index is 14.1. The van der Waals surface area contributed by atoms with Crippen LogP contribution in [0.3, 0.4) is 0 Å². The second-order valence-corrected chi connectivity index (χ2v) is 11.8. The summed E-state index contributed by atoms with van der Waals surface area (Å²) in [6, 6.07) is 4.09. The lowest BCUT2D eigenvalue weighted by Crippen LogP contribution is -2.44. The van der Waals surface area contributed by atoms with Gasteiger partial charge in [0.25, 0.3) is 15.9 Å². The van der Waals surface area contributed by atoms with Crippen molar-refractivity contribution in [1.29, 1.82) is 0 Å². The minimum Gasteiger partial charge on any atom is -0.486 e. The highest BCUT2D eigenvalue weighted by Gasteiger charge is 2.50. The standard InChI is InChI=1S/C26H32F3N3O9S/c1-6-31-14-21(24(30-31)39-15-23(35)38-5)42(36,37)32-13-18(9-7-16(2)33)40-20-10-8-17(11-19(20)32)12-22(34)41-25(3,4)26(27,28)29/h8,10-11,14,18H,6-7,9,12-13,15H2,1-5H3/t18-/m0/s1. The van der Waals surface area contributed by atoms with Gasteiger partial charge >= 0.3 is 18.1 Å². The molecule has 1 atom stereocenters. The Hall–Kier alpha value is -3.82. The number of ketones is 1. The molecule has 0 spiro atoms. The predicted molar refractivity (Wildman–Crippen MR) is 141 cm³/mol. The number of aromatic nitrogens is 2. The number of methoxy groups -OCH3 is 1. The minimum absolute atomic E-state index is 0.00220. The van der Waals surface area contributed by atoms with Gasteiger partial charge in [0, 0.05) is 19.2 Å². The second-order valence-electron chi connectivity index (χ2n) is 10.00. The van der Waals surface area contributed by atoms with Gasteiger partial charge in [0.15, 0.2) is 11.5 Å². The first-order valence-corrected chi connectivity index (χ1v) is 14.3. The summed E-state index contributed by atoms with van der Waals surface area (Å²) in [6.45, 7) is 3.95. The van der Waals surface area contributed by atoms with Crippen LogP contribution in [0.15, 0.2) is 29.3 Å². The van der Waals surface area contributed by atoms with Crippen LogP contribution in [0.2, 0.25) is 0 Å². The molecule has 0 N–H and O–H groups in total. The normalized spacial score (nSPS) is 15.4. The van der Waals surface area contributed by atoms with Gasteiger partial charge in [0.1, 0.15) is 17.6 Å². The third-order valence-electron chi connectivity index (χ3n) is 6.32. The van der Waals surface area contributed by atoms with E-state index in [1.54, 1.807) is 6.92 Å². The average Bonchev–Trinajstić information content (AvgIpc) is 3.33. The number of halogens is 3. The van der Waals surface area contributed by atoms with Gasteiger partial charge in [-0.2, -0.15) is 13.2 Å². The number of hydrogen-bond acceptors (Lipinski definition) is 10. The van der Waals surface area contributed by atoms with Crippen molar-refractivity contribution in [2.75, 3.05) is 24.6 Å². The van der Waals surface area contributed by atoms with Crippen molar-refractivity contribution in [2.24, 2.45) is 0 Å². The summed E-state index contributed by atoms with van der Waals surface area (Å²) in [7, 11) is -3.34. The molecule has 0 bridgehead atoms. The number of rotatable bonds is 12. The zero-order valence-electron chi connectivity index (χ0n) is 23.7. The molecule has 16 heteroatoms. The highest BCUT2D eigenvalue weighted by molar-refractivity contribution is 7.93. The van der Waals surface area contributed by atoms with E-state index >= 15 is 0 Å². The van der Waals surface area contributed by atoms with Crippen LogP contribution in [-0.4, -0.2) is 74.1 Å². The second kappa shape index (κ2) is 12.6. The molecule has 42 heavy (non-hydrogen) atoms. The summed E-state index contributed by atoms with van der Waals surface area (Å²) in [5, 5.41) is 4.09. The topological polar surface area (TPSA) is 143 Å². The lowest BCUT2D eigenvalue weighted by atomic mass is 10.1. The monoisotopic (exact) mass is 619 g/mol. The summed E-state index contributed by atoms with van der Waals surface area (Å²) in [4.78, 5) is 35.3. The molecule has 1 aromatic heterocycles. The number of sulfonamides is 1. The molecule has 0 fully saturated rings. The maximum atomic E-state index is 14.1. The van der Waals surface area contributed by atoms with Crippen LogP contribution in [0.5, 0.6) is 11.6 Å². The highest BCUT2D eigenvalue weighted by atomic mass is 32.2. The van der Waals surface area contributed by atoms with Gasteiger partial charge in [-0.05, 0) is 51.8 Å². The molecule has 232 valence electrons. The van der Waals surface area contributed by atoms with Gasteiger partial charge in [-0.3, -0.25) is 13.8 Å². The fourth-order valence-corrected chi connectivity index (χ4v) is 5.46. The Bertz CT molecular complexity index is 1440. The van der Waals surface area contributed by atoms with Crippen LogP contribution in [-0.2, 0) is 46.8 Å². The van der Waals surface area contributed by atoms with Gasteiger partial charge in [-0.1, -0.05) is 6.07 Å². The number of esters is 2. The number of benzene rings is 1. The summed E-state index contributed by atoms with van der Waals surface area (Å²) in [6.07, 6.45) is -4.59. The van der Waals surface area contributed by atoms with Crippen molar-refractivity contribution in [2.45, 2.75) is 76.3 Å². The number of nitrogens with zero attached hydrogens (tertiary/aromatic N) is 3. The molecule has 0 unspecified atom stereocenters. The molecule has 0 aliphatic carbocycles. The summed E-state index contributed by atoms with van der Waals surface area (Å²) >= 11 is 0. The Labute approximate surface area is 240 Å². The van der Waals surface area contributed by atoms with Gasteiger partial charge in [-0.25, -0.2) is 13.2 Å². The summed E-state index contributed by atoms with van der Waals surface area (Å²) in [5.74, 6) is -2.33. The fraction of sp³-hybridized carbons (Fsp3) is 0.538. The van der Waals surface area contributed by atoms with Crippen LogP contribution in [0.25, 0.3) is 0 Å². The van der Waals surface area contributed by atoms with E-state index in [4.69, 9.17) is 9.47 Å². The van der Waals surface area contributed by atoms with E-state index in [2.05, 4.69) is 14.6 Å². The van der Waals surface area contributed by atoms with Gasteiger partial charge < -0.3 is 23.7 Å². The molecule has 0 saturated carbocycles. The number of Topliss-reactive ketones (excluding diaryl/α,β-unsaturated/α-hetero) is 1. The Balaban J connectivity index is 2.02. The molecule has 0 saturated heterocycles. The van der Waals surface area contributed by atoms with Crippen molar-refractivity contribution >= 4 is 33.4 Å². The smallest absolute Gasteiger partial charge is 0.427 e. The van der Waals surface area contributed by atoms with Crippen molar-refractivity contribution in [1.82, 2.24) is 9.78 Å². The third kappa shape index (κ3) is 7.52. The van der Waals surface area contributed by atoms with E-state index in [9.17, 15) is 36.0 Å². The van der Waals surface area contributed by atoms with Crippen molar-refractivity contribution < 1.29 is 54.9 Å². The van der Waals surface area contributed by atoms with Crippen LogP contribution in [0.4, 0.5) is 18.9 Å². The zero-order chi connectivity index (χ0) is 31.5. The Morgan fingerprint density at radius 2 is 1.86 bits per heavy atom. The highest BCUT2D eigenvalue weighted by Crippen LogP contribution is 2.40. The SMILES string of the molecule is CCn1cc(S(=O)(=O)N2C[C@H](CCC(C)=O)Oc3ccc(CC(=O)OC(C)(C)C(F)(F)F)cc32)c(OCC(=O)OC)n1. The lowest BCUT2D eigenvalue weighted by Gasteiger charge is -2.35. The van der Waals surface area contributed by atoms with Gasteiger partial charge in [0.2, 0.25) is 5.60 Å². The van der Waals surface area contributed by atoms with Crippen LogP contribution in [0, 0.1) is 0 Å². The molecule has 0 radical (unpaired) electrons. The summed E-state index contributed by atoms with van der Waals surface area (Å²) < 4.78 is 90.5. The number of hydrogen-bond donors (Lipinski definition) is 0. The number of carbonyl (C=O) groups excluding carboxylic acids is 3.